The first-order valence-corrected chi connectivity index (χ1v) is 9.69. The number of fused-ring (bicyclic) bond motifs is 1. The first-order valence-electron chi connectivity index (χ1n) is 9.69. The lowest BCUT2D eigenvalue weighted by Gasteiger charge is -2.35. The lowest BCUT2D eigenvalue weighted by molar-refractivity contribution is -0.123. The van der Waals surface area contributed by atoms with Crippen LogP contribution < -0.4 is 9.64 Å². The highest BCUT2D eigenvalue weighted by molar-refractivity contribution is 6.00. The molecule has 0 atom stereocenters. The molecule has 1 aliphatic heterocycles. The fourth-order valence-corrected chi connectivity index (χ4v) is 4.08. The Morgan fingerprint density at radius 3 is 2.64 bits per heavy atom. The van der Waals surface area contributed by atoms with Crippen molar-refractivity contribution in [1.82, 2.24) is 0 Å². The Balaban J connectivity index is 1.70. The van der Waals surface area contributed by atoms with E-state index in [2.05, 4.69) is 6.92 Å². The second-order valence-electron chi connectivity index (χ2n) is 7.44. The average Bonchev–Trinajstić information content (AvgIpc) is 2.65. The van der Waals surface area contributed by atoms with Crippen LogP contribution in [0.5, 0.6) is 5.75 Å². The van der Waals surface area contributed by atoms with Crippen LogP contribution in [0.15, 0.2) is 18.2 Å². The Hall–Kier alpha value is -1.84. The summed E-state index contributed by atoms with van der Waals surface area (Å²) in [6.07, 6.45) is 8.18. The third-order valence-corrected chi connectivity index (χ3v) is 5.66. The Kier molecular flexibility index (Phi) is 5.77. The molecule has 2 aliphatic rings. The van der Waals surface area contributed by atoms with Crippen molar-refractivity contribution in [3.63, 3.8) is 0 Å². The number of benzene rings is 1. The lowest BCUT2D eigenvalue weighted by Crippen LogP contribution is -2.42. The summed E-state index contributed by atoms with van der Waals surface area (Å²) in [7, 11) is 0. The SMILES string of the molecule is CCCCC1CCC(C(=O)N2CCOc3ccc(C(C)=O)cc32)CC1. The molecular formula is C21H29NO3. The standard InChI is InChI=1S/C21H29NO3/c1-3-4-5-16-6-8-17(9-7-16)21(24)22-12-13-25-20-11-10-18(15(2)23)14-19(20)22/h10-11,14,16-17H,3-9,12-13H2,1-2H3. The quantitative estimate of drug-likeness (QED) is 0.733. The zero-order chi connectivity index (χ0) is 17.8. The van der Waals surface area contributed by atoms with Gasteiger partial charge in [-0.1, -0.05) is 26.2 Å². The van der Waals surface area contributed by atoms with Gasteiger partial charge in [0.25, 0.3) is 0 Å². The zero-order valence-corrected chi connectivity index (χ0v) is 15.4. The molecule has 1 fully saturated rings. The molecule has 0 aromatic heterocycles. The molecule has 136 valence electrons. The topological polar surface area (TPSA) is 46.6 Å². The molecule has 25 heavy (non-hydrogen) atoms. The Bertz CT molecular complexity index is 632. The maximum atomic E-state index is 13.1. The predicted molar refractivity (Wildman–Crippen MR) is 99.3 cm³/mol. The zero-order valence-electron chi connectivity index (χ0n) is 15.4. The van der Waals surface area contributed by atoms with Crippen molar-refractivity contribution in [2.75, 3.05) is 18.1 Å². The number of rotatable bonds is 5. The van der Waals surface area contributed by atoms with Gasteiger partial charge in [0.1, 0.15) is 12.4 Å². The molecule has 1 saturated carbocycles. The van der Waals surface area contributed by atoms with Crippen molar-refractivity contribution in [3.8, 4) is 5.75 Å². The van der Waals surface area contributed by atoms with E-state index in [-0.39, 0.29) is 17.6 Å². The van der Waals surface area contributed by atoms with Gasteiger partial charge in [0.15, 0.2) is 5.78 Å². The minimum absolute atomic E-state index is 0.0113. The summed E-state index contributed by atoms with van der Waals surface area (Å²) in [5.41, 5.74) is 1.39. The fraction of sp³-hybridized carbons (Fsp3) is 0.619. The molecule has 1 amide bonds. The molecule has 1 aliphatic carbocycles. The van der Waals surface area contributed by atoms with E-state index in [9.17, 15) is 9.59 Å². The summed E-state index contributed by atoms with van der Waals surface area (Å²) >= 11 is 0. The first-order chi connectivity index (χ1) is 12.1. The highest BCUT2D eigenvalue weighted by Crippen LogP contribution is 2.37. The molecule has 1 heterocycles. The molecule has 0 spiro atoms. The van der Waals surface area contributed by atoms with Crippen LogP contribution in [0.25, 0.3) is 0 Å². The van der Waals surface area contributed by atoms with Crippen molar-refractivity contribution in [2.24, 2.45) is 11.8 Å². The highest BCUT2D eigenvalue weighted by Gasteiger charge is 2.32. The van der Waals surface area contributed by atoms with Gasteiger partial charge < -0.3 is 9.64 Å². The van der Waals surface area contributed by atoms with Gasteiger partial charge in [-0.25, -0.2) is 0 Å². The molecule has 3 rings (SSSR count). The second-order valence-corrected chi connectivity index (χ2v) is 7.44. The van der Waals surface area contributed by atoms with Gasteiger partial charge in [0.05, 0.1) is 12.2 Å². The van der Waals surface area contributed by atoms with E-state index in [4.69, 9.17) is 4.74 Å². The largest absolute Gasteiger partial charge is 0.490 e. The van der Waals surface area contributed by atoms with Gasteiger partial charge in [0, 0.05) is 11.5 Å². The average molecular weight is 343 g/mol. The van der Waals surface area contributed by atoms with E-state index in [0.29, 0.717) is 24.5 Å². The van der Waals surface area contributed by atoms with Gasteiger partial charge in [-0.2, -0.15) is 0 Å². The van der Waals surface area contributed by atoms with E-state index in [1.54, 1.807) is 13.0 Å². The van der Waals surface area contributed by atoms with Gasteiger partial charge in [-0.15, -0.1) is 0 Å². The van der Waals surface area contributed by atoms with Gasteiger partial charge in [-0.3, -0.25) is 9.59 Å². The summed E-state index contributed by atoms with van der Waals surface area (Å²) < 4.78 is 5.68. The number of nitrogens with zero attached hydrogens (tertiary/aromatic N) is 1. The fourth-order valence-electron chi connectivity index (χ4n) is 4.08. The highest BCUT2D eigenvalue weighted by atomic mass is 16.5. The Morgan fingerprint density at radius 1 is 1.20 bits per heavy atom. The van der Waals surface area contributed by atoms with E-state index in [1.807, 2.05) is 17.0 Å². The number of amides is 1. The van der Waals surface area contributed by atoms with Gasteiger partial charge in [0.2, 0.25) is 5.91 Å². The van der Waals surface area contributed by atoms with E-state index in [0.717, 1.165) is 24.4 Å². The van der Waals surface area contributed by atoms with Crippen LogP contribution >= 0.6 is 0 Å². The summed E-state index contributed by atoms with van der Waals surface area (Å²) in [5.74, 6) is 1.84. The minimum Gasteiger partial charge on any atom is -0.490 e. The summed E-state index contributed by atoms with van der Waals surface area (Å²) in [4.78, 5) is 26.6. The third kappa shape index (κ3) is 4.05. The summed E-state index contributed by atoms with van der Waals surface area (Å²) in [6.45, 7) is 4.88. The van der Waals surface area contributed by atoms with Crippen LogP contribution in [-0.4, -0.2) is 24.8 Å². The van der Waals surface area contributed by atoms with Gasteiger partial charge >= 0.3 is 0 Å². The van der Waals surface area contributed by atoms with E-state index in [1.165, 1.54) is 32.1 Å². The number of ether oxygens (including phenoxy) is 1. The lowest BCUT2D eigenvalue weighted by atomic mass is 9.79. The number of anilines is 1. The molecule has 0 radical (unpaired) electrons. The van der Waals surface area contributed by atoms with Crippen molar-refractivity contribution in [2.45, 2.75) is 58.8 Å². The molecule has 0 N–H and O–H groups in total. The first kappa shape index (κ1) is 18.0. The molecule has 0 unspecified atom stereocenters. The maximum absolute atomic E-state index is 13.1. The van der Waals surface area contributed by atoms with Crippen molar-refractivity contribution in [3.05, 3.63) is 23.8 Å². The molecule has 4 nitrogen and oxygen atoms in total. The Labute approximate surface area is 150 Å². The van der Waals surface area contributed by atoms with E-state index >= 15 is 0 Å². The molecular weight excluding hydrogens is 314 g/mol. The van der Waals surface area contributed by atoms with Crippen molar-refractivity contribution in [1.29, 1.82) is 0 Å². The number of hydrogen-bond acceptors (Lipinski definition) is 3. The summed E-state index contributed by atoms with van der Waals surface area (Å²) in [5, 5.41) is 0. The number of carbonyl (C=O) groups is 2. The molecule has 1 aromatic carbocycles. The van der Waals surface area contributed by atoms with Crippen LogP contribution in [0.2, 0.25) is 0 Å². The Morgan fingerprint density at radius 2 is 1.96 bits per heavy atom. The molecule has 0 saturated heterocycles. The summed E-state index contributed by atoms with van der Waals surface area (Å²) in [6, 6.07) is 5.39. The van der Waals surface area contributed by atoms with Crippen molar-refractivity contribution >= 4 is 17.4 Å². The number of ketones is 1. The van der Waals surface area contributed by atoms with Crippen LogP contribution in [-0.2, 0) is 4.79 Å². The molecule has 0 bridgehead atoms. The smallest absolute Gasteiger partial charge is 0.230 e. The minimum atomic E-state index is 0.0113. The van der Waals surface area contributed by atoms with Gasteiger partial charge in [-0.05, 0) is 56.7 Å². The number of hydrogen-bond donors (Lipinski definition) is 0. The third-order valence-electron chi connectivity index (χ3n) is 5.66. The maximum Gasteiger partial charge on any atom is 0.230 e. The van der Waals surface area contributed by atoms with Crippen LogP contribution in [0, 0.1) is 11.8 Å². The van der Waals surface area contributed by atoms with Crippen molar-refractivity contribution < 1.29 is 14.3 Å². The number of unbranched alkanes of at least 4 members (excludes halogenated alkanes) is 1. The van der Waals surface area contributed by atoms with Crippen LogP contribution in [0.4, 0.5) is 5.69 Å². The molecule has 4 heteroatoms. The van der Waals surface area contributed by atoms with E-state index < -0.39 is 0 Å². The normalized spacial score (nSPS) is 22.9. The van der Waals surface area contributed by atoms with Crippen LogP contribution in [0.3, 0.4) is 0 Å². The predicted octanol–water partition coefficient (Wildman–Crippen LogP) is 4.61. The number of carbonyl (C=O) groups excluding carboxylic acids is 2. The van der Waals surface area contributed by atoms with Crippen LogP contribution in [0.1, 0.15) is 69.2 Å². The molecule has 1 aromatic rings. The monoisotopic (exact) mass is 343 g/mol. The number of Topliss-reactive ketones (excluding diaryl/α,β-unsaturated/α-hetero) is 1. The second kappa shape index (κ2) is 8.03.